The van der Waals surface area contributed by atoms with Crippen molar-refractivity contribution in [3.05, 3.63) is 46.2 Å². The minimum Gasteiger partial charge on any atom is -0.452 e. The van der Waals surface area contributed by atoms with Gasteiger partial charge in [-0.3, -0.25) is 14.4 Å². The fraction of sp³-hybridized carbons (Fsp3) is 0.333. The van der Waals surface area contributed by atoms with Gasteiger partial charge in [-0.05, 0) is 25.3 Å². The Kier molecular flexibility index (Phi) is 5.01. The minimum absolute atomic E-state index is 0.0854. The van der Waals surface area contributed by atoms with E-state index in [1.165, 1.54) is 4.90 Å². The first-order chi connectivity index (χ1) is 12.5. The van der Waals surface area contributed by atoms with Crippen LogP contribution in [0.5, 0.6) is 0 Å². The number of piperidine rings is 1. The van der Waals surface area contributed by atoms with Crippen LogP contribution >= 0.6 is 0 Å². The Balaban J connectivity index is 1.74. The van der Waals surface area contributed by atoms with Gasteiger partial charge in [0.1, 0.15) is 6.04 Å². The lowest BCUT2D eigenvalue weighted by Crippen LogP contribution is -2.51. The lowest BCUT2D eigenvalue weighted by molar-refractivity contribution is -0.143. The second-order valence-electron chi connectivity index (χ2n) is 6.17. The third kappa shape index (κ3) is 3.58. The smallest absolute Gasteiger partial charge is 0.339 e. The van der Waals surface area contributed by atoms with Crippen LogP contribution < -0.4 is 11.3 Å². The third-order valence-corrected chi connectivity index (χ3v) is 4.45. The van der Waals surface area contributed by atoms with Crippen LogP contribution in [0.3, 0.4) is 0 Å². The first-order valence-corrected chi connectivity index (χ1v) is 8.35. The average molecular weight is 357 g/mol. The maximum atomic E-state index is 12.4. The molecule has 1 fully saturated rings. The molecule has 0 saturated carbocycles. The van der Waals surface area contributed by atoms with Gasteiger partial charge in [0.15, 0.2) is 6.61 Å². The number of amides is 2. The van der Waals surface area contributed by atoms with Crippen molar-refractivity contribution in [3.63, 3.8) is 0 Å². The van der Waals surface area contributed by atoms with E-state index < -0.39 is 36.0 Å². The van der Waals surface area contributed by atoms with Crippen LogP contribution in [0.15, 0.2) is 35.1 Å². The molecule has 1 saturated heterocycles. The molecule has 2 heterocycles. The first-order valence-electron chi connectivity index (χ1n) is 8.35. The maximum Gasteiger partial charge on any atom is 0.339 e. The molecule has 1 aromatic heterocycles. The third-order valence-electron chi connectivity index (χ3n) is 4.45. The van der Waals surface area contributed by atoms with E-state index in [1.807, 2.05) is 0 Å². The van der Waals surface area contributed by atoms with Crippen molar-refractivity contribution in [1.82, 2.24) is 9.88 Å². The number of nitrogens with two attached hydrogens (primary N) is 1. The second-order valence-corrected chi connectivity index (χ2v) is 6.17. The molecule has 3 rings (SSSR count). The lowest BCUT2D eigenvalue weighted by atomic mass is 10.0. The number of H-pyrrole nitrogens is 1. The van der Waals surface area contributed by atoms with E-state index in [0.29, 0.717) is 23.9 Å². The van der Waals surface area contributed by atoms with E-state index >= 15 is 0 Å². The highest BCUT2D eigenvalue weighted by Crippen LogP contribution is 2.18. The molecule has 8 heteroatoms. The molecule has 2 aromatic rings. The molecule has 2 amide bonds. The molecule has 26 heavy (non-hydrogen) atoms. The molecule has 0 unspecified atom stereocenters. The number of esters is 1. The van der Waals surface area contributed by atoms with Crippen LogP contribution in [-0.2, 0) is 14.3 Å². The number of aromatic nitrogens is 1. The van der Waals surface area contributed by atoms with Crippen molar-refractivity contribution in [2.24, 2.45) is 5.73 Å². The molecule has 8 nitrogen and oxygen atoms in total. The van der Waals surface area contributed by atoms with Gasteiger partial charge in [0.05, 0.1) is 5.56 Å². The summed E-state index contributed by atoms with van der Waals surface area (Å²) < 4.78 is 5.10. The molecular weight excluding hydrogens is 338 g/mol. The molecule has 0 bridgehead atoms. The normalized spacial score (nSPS) is 17.1. The number of benzene rings is 1. The Morgan fingerprint density at radius 3 is 2.77 bits per heavy atom. The van der Waals surface area contributed by atoms with Crippen molar-refractivity contribution in [1.29, 1.82) is 0 Å². The number of ether oxygens (including phenoxy) is 1. The molecule has 3 N–H and O–H groups in total. The summed E-state index contributed by atoms with van der Waals surface area (Å²) >= 11 is 0. The Morgan fingerprint density at radius 1 is 1.23 bits per heavy atom. The van der Waals surface area contributed by atoms with Gasteiger partial charge >= 0.3 is 5.97 Å². The number of nitrogens with one attached hydrogen (secondary N) is 1. The van der Waals surface area contributed by atoms with Crippen molar-refractivity contribution >= 4 is 28.7 Å². The van der Waals surface area contributed by atoms with Gasteiger partial charge in [0.2, 0.25) is 11.5 Å². The molecule has 0 radical (unpaired) electrons. The van der Waals surface area contributed by atoms with Gasteiger partial charge in [-0.25, -0.2) is 4.79 Å². The average Bonchev–Trinajstić information content (AvgIpc) is 2.65. The van der Waals surface area contributed by atoms with Crippen molar-refractivity contribution in [2.45, 2.75) is 25.3 Å². The molecule has 0 spiro atoms. The van der Waals surface area contributed by atoms with Gasteiger partial charge in [0.25, 0.3) is 5.91 Å². The summed E-state index contributed by atoms with van der Waals surface area (Å²) in [5.74, 6) is -1.81. The molecule has 136 valence electrons. The largest absolute Gasteiger partial charge is 0.452 e. The number of carbonyl (C=O) groups excluding carboxylic acids is 3. The van der Waals surface area contributed by atoms with E-state index in [1.54, 1.807) is 24.3 Å². The predicted molar refractivity (Wildman–Crippen MR) is 93.4 cm³/mol. The monoisotopic (exact) mass is 357 g/mol. The number of rotatable bonds is 4. The van der Waals surface area contributed by atoms with E-state index in [0.717, 1.165) is 18.9 Å². The Bertz CT molecular complexity index is 920. The first kappa shape index (κ1) is 17.7. The van der Waals surface area contributed by atoms with Crippen molar-refractivity contribution < 1.29 is 19.1 Å². The lowest BCUT2D eigenvalue weighted by Gasteiger charge is -2.33. The number of primary amides is 1. The van der Waals surface area contributed by atoms with E-state index in [4.69, 9.17) is 10.5 Å². The molecule has 1 atom stereocenters. The minimum atomic E-state index is -0.770. The summed E-state index contributed by atoms with van der Waals surface area (Å²) in [4.78, 5) is 51.9. The summed E-state index contributed by atoms with van der Waals surface area (Å²) in [5, 5.41) is 0.525. The van der Waals surface area contributed by atoms with Crippen LogP contribution in [0, 0.1) is 0 Å². The topological polar surface area (TPSA) is 123 Å². The zero-order valence-electron chi connectivity index (χ0n) is 14.1. The van der Waals surface area contributed by atoms with Crippen LogP contribution in [-0.4, -0.2) is 46.9 Å². The number of aromatic amines is 1. The maximum absolute atomic E-state index is 12.4. The number of hydrogen-bond acceptors (Lipinski definition) is 5. The summed E-state index contributed by atoms with van der Waals surface area (Å²) in [7, 11) is 0. The zero-order valence-corrected chi connectivity index (χ0v) is 14.1. The molecule has 1 aliphatic rings. The van der Waals surface area contributed by atoms with E-state index in [9.17, 15) is 19.2 Å². The number of fused-ring (bicyclic) bond motifs is 1. The van der Waals surface area contributed by atoms with Gasteiger partial charge in [-0.2, -0.15) is 0 Å². The Hall–Kier alpha value is -3.16. The van der Waals surface area contributed by atoms with Crippen LogP contribution in [0.4, 0.5) is 0 Å². The second kappa shape index (κ2) is 7.38. The number of carbonyl (C=O) groups is 3. The number of para-hydroxylation sites is 1. The SMILES string of the molecule is NC(=O)[C@H]1CCCCN1C(=O)COC(=O)c1cc(=O)[nH]c2ccccc12. The van der Waals surface area contributed by atoms with Crippen LogP contribution in [0.1, 0.15) is 29.6 Å². The number of likely N-dealkylation sites (tertiary alicyclic amines) is 1. The van der Waals surface area contributed by atoms with E-state index in [-0.39, 0.29) is 5.56 Å². The van der Waals surface area contributed by atoms with Crippen molar-refractivity contribution in [3.8, 4) is 0 Å². The van der Waals surface area contributed by atoms with Gasteiger partial charge in [-0.1, -0.05) is 18.2 Å². The molecule has 1 aromatic carbocycles. The van der Waals surface area contributed by atoms with Crippen molar-refractivity contribution in [2.75, 3.05) is 13.2 Å². The van der Waals surface area contributed by atoms with E-state index in [2.05, 4.69) is 4.98 Å². The Labute approximate surface area is 148 Å². The number of pyridine rings is 1. The molecular formula is C18H19N3O5. The summed E-state index contributed by atoms with van der Waals surface area (Å²) in [6.45, 7) is -0.109. The molecule has 1 aliphatic heterocycles. The number of hydrogen-bond donors (Lipinski definition) is 2. The number of nitrogens with zero attached hydrogens (tertiary/aromatic N) is 1. The highest BCUT2D eigenvalue weighted by atomic mass is 16.5. The fourth-order valence-electron chi connectivity index (χ4n) is 3.19. The standard InChI is InChI=1S/C18H19N3O5/c19-17(24)14-7-3-4-8-21(14)16(23)10-26-18(25)12-9-15(22)20-13-6-2-1-5-11(12)13/h1-2,5-6,9,14H,3-4,7-8,10H2,(H2,19,24)(H,20,22)/t14-/m1/s1. The van der Waals surface area contributed by atoms with Crippen LogP contribution in [0.2, 0.25) is 0 Å². The zero-order chi connectivity index (χ0) is 18.7. The predicted octanol–water partition coefficient (Wildman–Crippen LogP) is 0.551. The quantitative estimate of drug-likeness (QED) is 0.774. The highest BCUT2D eigenvalue weighted by Gasteiger charge is 2.31. The van der Waals surface area contributed by atoms with Crippen LogP contribution in [0.25, 0.3) is 10.9 Å². The van der Waals surface area contributed by atoms with Gasteiger partial charge < -0.3 is 20.4 Å². The summed E-state index contributed by atoms with van der Waals surface area (Å²) in [6.07, 6.45) is 2.09. The fourth-order valence-corrected chi connectivity index (χ4v) is 3.19. The molecule has 0 aliphatic carbocycles. The highest BCUT2D eigenvalue weighted by molar-refractivity contribution is 6.03. The van der Waals surface area contributed by atoms with Gasteiger partial charge in [-0.15, -0.1) is 0 Å². The Morgan fingerprint density at radius 2 is 2.00 bits per heavy atom. The summed E-state index contributed by atoms with van der Waals surface area (Å²) in [5.41, 5.74) is 5.49. The summed E-state index contributed by atoms with van der Waals surface area (Å²) in [6, 6.07) is 7.28. The van der Waals surface area contributed by atoms with Gasteiger partial charge in [0, 0.05) is 23.5 Å².